The van der Waals surface area contributed by atoms with E-state index in [9.17, 15) is 14.0 Å². The number of urea groups is 1. The first-order chi connectivity index (χ1) is 8.61. The summed E-state index contributed by atoms with van der Waals surface area (Å²) in [5, 5.41) is 2.63. The van der Waals surface area contributed by atoms with Crippen molar-refractivity contribution < 1.29 is 14.0 Å². The monoisotopic (exact) mass is 250 g/mol. The minimum atomic E-state index is -0.434. The summed E-state index contributed by atoms with van der Waals surface area (Å²) < 4.78 is 13.0. The van der Waals surface area contributed by atoms with Crippen molar-refractivity contribution in [2.75, 3.05) is 0 Å². The van der Waals surface area contributed by atoms with E-state index in [0.717, 1.165) is 11.3 Å². The van der Waals surface area contributed by atoms with Crippen LogP contribution in [-0.4, -0.2) is 22.9 Å². The molecule has 1 saturated heterocycles. The fourth-order valence-electron chi connectivity index (χ4n) is 2.03. The highest BCUT2D eigenvalue weighted by molar-refractivity contribution is 6.04. The van der Waals surface area contributed by atoms with Crippen LogP contribution in [0.25, 0.3) is 0 Å². The number of hydrogen-bond acceptors (Lipinski definition) is 2. The summed E-state index contributed by atoms with van der Waals surface area (Å²) in [5.41, 5.74) is 0.607. The predicted molar refractivity (Wildman–Crippen MR) is 64.2 cm³/mol. The molecule has 1 aromatic carbocycles. The Morgan fingerprint density at radius 2 is 2.17 bits per heavy atom. The van der Waals surface area contributed by atoms with Crippen LogP contribution in [0.1, 0.15) is 25.3 Å². The number of amides is 3. The lowest BCUT2D eigenvalue weighted by atomic mass is 10.1. The van der Waals surface area contributed by atoms with Crippen molar-refractivity contribution >= 4 is 11.9 Å². The van der Waals surface area contributed by atoms with Crippen molar-refractivity contribution in [1.82, 2.24) is 10.2 Å². The van der Waals surface area contributed by atoms with Crippen LogP contribution in [-0.2, 0) is 11.3 Å². The van der Waals surface area contributed by atoms with Crippen LogP contribution in [0.4, 0.5) is 9.18 Å². The Morgan fingerprint density at radius 1 is 1.39 bits per heavy atom. The molecule has 0 aliphatic carbocycles. The maximum Gasteiger partial charge on any atom is 0.325 e. The predicted octanol–water partition coefficient (Wildman–Crippen LogP) is 2.05. The van der Waals surface area contributed by atoms with Gasteiger partial charge in [0.05, 0.1) is 6.54 Å². The van der Waals surface area contributed by atoms with Gasteiger partial charge in [0.2, 0.25) is 0 Å². The van der Waals surface area contributed by atoms with Crippen molar-refractivity contribution in [2.45, 2.75) is 32.4 Å². The van der Waals surface area contributed by atoms with Crippen molar-refractivity contribution in [2.24, 2.45) is 0 Å². The second-order valence-electron chi connectivity index (χ2n) is 4.35. The Labute approximate surface area is 105 Å². The zero-order chi connectivity index (χ0) is 13.1. The van der Waals surface area contributed by atoms with E-state index in [1.54, 1.807) is 12.1 Å². The number of halogens is 1. The lowest BCUT2D eigenvalue weighted by molar-refractivity contribution is -0.128. The Hall–Kier alpha value is -1.91. The number of imide groups is 1. The molecule has 1 N–H and O–H groups in total. The number of carbonyl (C=O) groups is 2. The average molecular weight is 250 g/mol. The van der Waals surface area contributed by atoms with E-state index in [1.807, 2.05) is 6.92 Å². The smallest absolute Gasteiger partial charge is 0.325 e. The SMILES string of the molecule is CCC[C@H]1NC(=O)N(Cc2cccc(F)c2)C1=O. The second kappa shape index (κ2) is 5.16. The summed E-state index contributed by atoms with van der Waals surface area (Å²) in [6, 6.07) is 5.07. The molecule has 2 rings (SSSR count). The number of rotatable bonds is 4. The van der Waals surface area contributed by atoms with Gasteiger partial charge in [-0.05, 0) is 24.1 Å². The third-order valence-electron chi connectivity index (χ3n) is 2.91. The molecule has 0 saturated carbocycles. The molecule has 0 aromatic heterocycles. The summed E-state index contributed by atoms with van der Waals surface area (Å²) in [4.78, 5) is 24.7. The summed E-state index contributed by atoms with van der Waals surface area (Å²) in [6.07, 6.45) is 1.45. The molecular formula is C13H15FN2O2. The van der Waals surface area contributed by atoms with Gasteiger partial charge in [-0.25, -0.2) is 9.18 Å². The molecule has 4 nitrogen and oxygen atoms in total. The number of nitrogens with one attached hydrogen (secondary N) is 1. The quantitative estimate of drug-likeness (QED) is 0.831. The fraction of sp³-hybridized carbons (Fsp3) is 0.385. The van der Waals surface area contributed by atoms with Crippen LogP contribution < -0.4 is 5.32 Å². The van der Waals surface area contributed by atoms with E-state index in [4.69, 9.17) is 0 Å². The van der Waals surface area contributed by atoms with Crippen molar-refractivity contribution in [1.29, 1.82) is 0 Å². The maximum atomic E-state index is 13.0. The minimum absolute atomic E-state index is 0.114. The van der Waals surface area contributed by atoms with Crippen LogP contribution in [0.2, 0.25) is 0 Å². The second-order valence-corrected chi connectivity index (χ2v) is 4.35. The van der Waals surface area contributed by atoms with Crippen molar-refractivity contribution in [3.8, 4) is 0 Å². The first kappa shape index (κ1) is 12.5. The molecule has 1 aliphatic rings. The number of carbonyl (C=O) groups excluding carboxylic acids is 2. The molecule has 1 atom stereocenters. The molecule has 1 heterocycles. The summed E-state index contributed by atoms with van der Waals surface area (Å²) in [7, 11) is 0. The first-order valence-electron chi connectivity index (χ1n) is 5.98. The molecular weight excluding hydrogens is 235 g/mol. The van der Waals surface area contributed by atoms with Crippen LogP contribution in [0.5, 0.6) is 0 Å². The van der Waals surface area contributed by atoms with Gasteiger partial charge >= 0.3 is 6.03 Å². The highest BCUT2D eigenvalue weighted by atomic mass is 19.1. The summed E-state index contributed by atoms with van der Waals surface area (Å²) in [5.74, 6) is -0.601. The van der Waals surface area contributed by atoms with Gasteiger partial charge in [0.25, 0.3) is 5.91 Å². The van der Waals surface area contributed by atoms with E-state index in [0.29, 0.717) is 12.0 Å². The van der Waals surface area contributed by atoms with Crippen molar-refractivity contribution in [3.05, 3.63) is 35.6 Å². The molecule has 3 amide bonds. The lowest BCUT2D eigenvalue weighted by Gasteiger charge is -2.12. The molecule has 0 spiro atoms. The van der Waals surface area contributed by atoms with Gasteiger partial charge in [0, 0.05) is 0 Å². The van der Waals surface area contributed by atoms with E-state index in [2.05, 4.69) is 5.32 Å². The Balaban J connectivity index is 2.10. The third-order valence-corrected chi connectivity index (χ3v) is 2.91. The molecule has 0 unspecified atom stereocenters. The van der Waals surface area contributed by atoms with E-state index < -0.39 is 12.1 Å². The lowest BCUT2D eigenvalue weighted by Crippen LogP contribution is -2.30. The summed E-state index contributed by atoms with van der Waals surface area (Å²) in [6.45, 7) is 2.07. The average Bonchev–Trinajstić information content (AvgIpc) is 2.58. The molecule has 0 bridgehead atoms. The van der Waals surface area contributed by atoms with Gasteiger partial charge in [0.15, 0.2) is 0 Å². The van der Waals surface area contributed by atoms with Gasteiger partial charge in [-0.3, -0.25) is 9.69 Å². The van der Waals surface area contributed by atoms with Crippen LogP contribution >= 0.6 is 0 Å². The topological polar surface area (TPSA) is 49.4 Å². The Morgan fingerprint density at radius 3 is 2.83 bits per heavy atom. The van der Waals surface area contributed by atoms with Gasteiger partial charge in [-0.2, -0.15) is 0 Å². The fourth-order valence-corrected chi connectivity index (χ4v) is 2.03. The molecule has 96 valence electrons. The Bertz CT molecular complexity index is 476. The molecule has 5 heteroatoms. The molecule has 0 radical (unpaired) electrons. The highest BCUT2D eigenvalue weighted by Crippen LogP contribution is 2.15. The standard InChI is InChI=1S/C13H15FN2O2/c1-2-4-11-12(17)16(13(18)15-11)8-9-5-3-6-10(14)7-9/h3,5-7,11H,2,4,8H2,1H3,(H,15,18)/t11-/m1/s1. The van der Waals surface area contributed by atoms with Crippen LogP contribution in [0.15, 0.2) is 24.3 Å². The van der Waals surface area contributed by atoms with Gasteiger partial charge in [0.1, 0.15) is 11.9 Å². The van der Waals surface area contributed by atoms with Crippen LogP contribution in [0, 0.1) is 5.82 Å². The first-order valence-corrected chi connectivity index (χ1v) is 5.98. The zero-order valence-corrected chi connectivity index (χ0v) is 10.1. The molecule has 1 aromatic rings. The van der Waals surface area contributed by atoms with Crippen molar-refractivity contribution in [3.63, 3.8) is 0 Å². The van der Waals surface area contributed by atoms with Gasteiger partial charge < -0.3 is 5.32 Å². The molecule has 18 heavy (non-hydrogen) atoms. The normalized spacial score (nSPS) is 19.2. The summed E-state index contributed by atoms with van der Waals surface area (Å²) >= 11 is 0. The highest BCUT2D eigenvalue weighted by Gasteiger charge is 2.36. The maximum absolute atomic E-state index is 13.0. The molecule has 1 fully saturated rings. The number of nitrogens with zero attached hydrogens (tertiary/aromatic N) is 1. The van der Waals surface area contributed by atoms with Gasteiger partial charge in [-0.1, -0.05) is 25.5 Å². The largest absolute Gasteiger partial charge is 0.326 e. The van der Waals surface area contributed by atoms with Crippen LogP contribution in [0.3, 0.4) is 0 Å². The van der Waals surface area contributed by atoms with Gasteiger partial charge in [-0.15, -0.1) is 0 Å². The minimum Gasteiger partial charge on any atom is -0.326 e. The van der Waals surface area contributed by atoms with E-state index in [-0.39, 0.29) is 18.3 Å². The molecule has 1 aliphatic heterocycles. The number of benzene rings is 1. The zero-order valence-electron chi connectivity index (χ0n) is 10.1. The number of hydrogen-bond donors (Lipinski definition) is 1. The third kappa shape index (κ3) is 2.50. The van der Waals surface area contributed by atoms with E-state index >= 15 is 0 Å². The van der Waals surface area contributed by atoms with E-state index in [1.165, 1.54) is 12.1 Å². The Kier molecular flexibility index (Phi) is 3.60.